The Hall–Kier alpha value is -6.76. The van der Waals surface area contributed by atoms with Crippen molar-refractivity contribution >= 4 is 146 Å². The van der Waals surface area contributed by atoms with Crippen LogP contribution in [0.15, 0.2) is 135 Å². The molecule has 0 radical (unpaired) electrons. The fraction of sp³-hybridized carbons (Fsp3) is 0.0789. The fourth-order valence-electron chi connectivity index (χ4n) is 6.90. The molecule has 27 nitrogen and oxygen atoms in total. The molecule has 0 amide bonds. The van der Waals surface area contributed by atoms with Crippen molar-refractivity contribution in [2.45, 2.75) is 36.3 Å². The van der Waals surface area contributed by atoms with Crippen molar-refractivity contribution in [3.63, 3.8) is 0 Å². The van der Waals surface area contributed by atoms with E-state index >= 15 is 0 Å². The minimum Gasteiger partial charge on any atom is -0.505 e. The zero-order valence-electron chi connectivity index (χ0n) is 35.9. The predicted molar refractivity (Wildman–Crippen MR) is 257 cm³/mol. The van der Waals surface area contributed by atoms with Crippen molar-refractivity contribution in [3.05, 3.63) is 90.2 Å². The molecule has 0 aliphatic carbocycles. The number of nitrogens with one attached hydrogen (secondary N) is 1. The van der Waals surface area contributed by atoms with E-state index in [1.54, 1.807) is 13.0 Å². The first-order valence-corrected chi connectivity index (χ1v) is 28.4. The molecule has 0 aliphatic rings. The first-order valence-electron chi connectivity index (χ1n) is 19.3. The summed E-state index contributed by atoms with van der Waals surface area (Å²) in [5, 5.41) is 27.1. The second-order valence-corrected chi connectivity index (χ2v) is 23.6. The monoisotopic (exact) mass is 1130 g/mol. The number of rotatable bonds is 15. The quantitative estimate of drug-likeness (QED) is 0.0226. The number of nitrogens with zero attached hydrogens (tertiary/aromatic N) is 8. The number of nitrogens with two attached hydrogens (primary N) is 1. The van der Waals surface area contributed by atoms with E-state index in [0.29, 0.717) is 17.8 Å². The summed E-state index contributed by atoms with van der Waals surface area (Å²) in [7, 11) is -25.2. The van der Waals surface area contributed by atoms with Crippen molar-refractivity contribution in [2.24, 2.45) is 20.5 Å². The van der Waals surface area contributed by atoms with Crippen LogP contribution < -0.4 is 16.0 Å². The van der Waals surface area contributed by atoms with Gasteiger partial charge in [0.15, 0.2) is 26.7 Å². The summed E-state index contributed by atoms with van der Waals surface area (Å²) < 4.78 is 188. The molecule has 0 fully saturated rings. The van der Waals surface area contributed by atoms with Crippen molar-refractivity contribution in [2.75, 3.05) is 28.8 Å². The normalized spacial score (nSPS) is 13.3. The number of hydrogen-bond donors (Lipinski definition) is 8. The number of azo groups is 2. The summed E-state index contributed by atoms with van der Waals surface area (Å²) in [6.45, 7) is 1.90. The molecule has 9 N–H and O–H groups in total. The minimum absolute atomic E-state index is 0.0217. The molecule has 0 saturated carbocycles. The second-order valence-electron chi connectivity index (χ2n) is 14.7. The van der Waals surface area contributed by atoms with Gasteiger partial charge in [-0.1, -0.05) is 18.2 Å². The maximum atomic E-state index is 12.8. The molecule has 1 heterocycles. The lowest BCUT2D eigenvalue weighted by Gasteiger charge is -2.21. The van der Waals surface area contributed by atoms with Crippen molar-refractivity contribution in [3.8, 4) is 5.75 Å². The second kappa shape index (κ2) is 19.3. The van der Waals surface area contributed by atoms with Crippen LogP contribution >= 0.6 is 11.6 Å². The Morgan fingerprint density at radius 3 is 1.92 bits per heavy atom. The van der Waals surface area contributed by atoms with E-state index in [2.05, 4.69) is 40.7 Å². The van der Waals surface area contributed by atoms with Crippen LogP contribution in [0.3, 0.4) is 0 Å². The highest BCUT2D eigenvalue weighted by atomic mass is 35.5. The Bertz CT molecular complexity index is 4130. The molecular formula is C38H31ClN10O17S6. The first-order chi connectivity index (χ1) is 33.4. The van der Waals surface area contributed by atoms with Crippen molar-refractivity contribution in [1.82, 2.24) is 15.0 Å². The van der Waals surface area contributed by atoms with Crippen molar-refractivity contribution < 1.29 is 74.2 Å². The van der Waals surface area contributed by atoms with Gasteiger partial charge in [0.1, 0.15) is 42.3 Å². The Morgan fingerprint density at radius 2 is 1.32 bits per heavy atom. The molecule has 6 aromatic carbocycles. The van der Waals surface area contributed by atoms with Crippen LogP contribution in [0.5, 0.6) is 5.75 Å². The van der Waals surface area contributed by atoms with Gasteiger partial charge < -0.3 is 25.6 Å². The molecule has 0 bridgehead atoms. The van der Waals surface area contributed by atoms with E-state index in [9.17, 15) is 74.2 Å². The third-order valence-corrected chi connectivity index (χ3v) is 15.5. The zero-order valence-corrected chi connectivity index (χ0v) is 41.6. The molecule has 7 rings (SSSR count). The average Bonchev–Trinajstić information content (AvgIpc) is 3.26. The fourth-order valence-corrected chi connectivity index (χ4v) is 10.9. The summed E-state index contributed by atoms with van der Waals surface area (Å²) in [6, 6.07) is 15.0. The van der Waals surface area contributed by atoms with E-state index < -0.39 is 126 Å². The number of nitrogen functional groups attached to an aromatic ring is 1. The third-order valence-electron chi connectivity index (χ3n) is 9.97. The summed E-state index contributed by atoms with van der Waals surface area (Å²) in [6.07, 6.45) is 0.885. The van der Waals surface area contributed by atoms with Crippen LogP contribution in [0.25, 0.3) is 21.5 Å². The number of anilines is 5. The largest absolute Gasteiger partial charge is 0.505 e. The number of phenolic OH excluding ortho intramolecular Hbond substituents is 1. The van der Waals surface area contributed by atoms with Crippen LogP contribution in [0.2, 0.25) is 5.28 Å². The van der Waals surface area contributed by atoms with E-state index in [1.807, 2.05) is 0 Å². The summed E-state index contributed by atoms with van der Waals surface area (Å²) in [4.78, 5) is 9.27. The summed E-state index contributed by atoms with van der Waals surface area (Å²) in [5.74, 6) is -1.67. The van der Waals surface area contributed by atoms with E-state index in [-0.39, 0.29) is 50.0 Å². The smallest absolute Gasteiger partial charge is 0.297 e. The van der Waals surface area contributed by atoms with E-state index in [1.165, 1.54) is 29.2 Å². The first kappa shape index (κ1) is 53.0. The number of sulfone groups is 1. The number of benzene rings is 6. The van der Waals surface area contributed by atoms with Crippen LogP contribution in [0.1, 0.15) is 6.92 Å². The SMILES string of the molecule is CCN(c1cccc(S(=O)O)c1)c1nc(Cl)nc(Nc2ccc(S(=O)(=O)O)c(N=Nc3c(S(=O)(=O)O)cc4cc(S(=O)(=O)O)c(N=Nc5ccc6cc(S(C)(=O)=O)ccc6c5S(=O)(=O)O)c(N)c4c3O)c2)n1. The summed E-state index contributed by atoms with van der Waals surface area (Å²) in [5.41, 5.74) is 1.90. The highest BCUT2D eigenvalue weighted by Crippen LogP contribution is 2.49. The number of fused-ring (bicyclic) bond motifs is 2. The number of aromatic hydroxyl groups is 1. The number of halogens is 1. The van der Waals surface area contributed by atoms with Gasteiger partial charge in [0.2, 0.25) is 17.2 Å². The molecule has 1 aromatic heterocycles. The van der Waals surface area contributed by atoms with E-state index in [4.69, 9.17) is 17.3 Å². The maximum absolute atomic E-state index is 12.8. The van der Waals surface area contributed by atoms with Crippen LogP contribution in [0, 0.1) is 0 Å². The van der Waals surface area contributed by atoms with Crippen molar-refractivity contribution in [1.29, 1.82) is 0 Å². The average molecular weight is 1130 g/mol. The highest BCUT2D eigenvalue weighted by Gasteiger charge is 2.29. The summed E-state index contributed by atoms with van der Waals surface area (Å²) >= 11 is 3.88. The molecule has 378 valence electrons. The Balaban J connectivity index is 1.36. The standard InChI is InChI=1S/C38H31ClN10O17S6/c1-3-49(21-5-4-6-22(17-21)67(51)52)38-43-36(39)42-37(44-38)41-20-8-12-27(69(55,56)57)26(16-20)46-48-33-29(71(61,62)63)15-19-14-28(70(58,59)60)32(31(40)30(19)34(33)50)47-45-25-11-7-18-13-23(68(2,53)54)9-10-24(18)35(25)72(64,65)66/h4-17,50H,3,40H2,1-2H3,(H,51,52)(H,55,56,57)(H,58,59,60)(H,61,62,63)(H,64,65,66)(H,41,42,43,44). The molecule has 72 heavy (non-hydrogen) atoms. The minimum atomic E-state index is -5.52. The molecule has 1 atom stereocenters. The predicted octanol–water partition coefficient (Wildman–Crippen LogP) is 6.82. The Kier molecular flexibility index (Phi) is 14.3. The van der Waals surface area contributed by atoms with E-state index in [0.717, 1.165) is 48.7 Å². The lowest BCUT2D eigenvalue weighted by atomic mass is 10.1. The van der Waals surface area contributed by atoms with Gasteiger partial charge in [-0.2, -0.15) is 48.6 Å². The molecule has 0 spiro atoms. The number of phenols is 1. The van der Waals surface area contributed by atoms with Gasteiger partial charge in [-0.3, -0.25) is 18.2 Å². The molecular weight excluding hydrogens is 1100 g/mol. The van der Waals surface area contributed by atoms with Gasteiger partial charge in [0.25, 0.3) is 40.5 Å². The number of hydrogen-bond acceptors (Lipinski definition) is 22. The third kappa shape index (κ3) is 11.1. The Labute approximate surface area is 414 Å². The highest BCUT2D eigenvalue weighted by molar-refractivity contribution is 7.90. The van der Waals surface area contributed by atoms with Gasteiger partial charge in [-0.15, -0.1) is 20.5 Å². The molecule has 7 aromatic rings. The van der Waals surface area contributed by atoms with Crippen LogP contribution in [0.4, 0.5) is 51.7 Å². The Morgan fingerprint density at radius 1 is 0.694 bits per heavy atom. The molecule has 1 unspecified atom stereocenters. The van der Waals surface area contributed by atoms with Gasteiger partial charge in [0.05, 0.1) is 20.9 Å². The van der Waals surface area contributed by atoms with Gasteiger partial charge >= 0.3 is 0 Å². The van der Waals surface area contributed by atoms with Gasteiger partial charge in [-0.05, 0) is 96.0 Å². The lowest BCUT2D eigenvalue weighted by Crippen LogP contribution is -2.20. The lowest BCUT2D eigenvalue weighted by molar-refractivity contribution is 0.472. The van der Waals surface area contributed by atoms with Gasteiger partial charge in [0, 0.05) is 29.6 Å². The molecule has 0 saturated heterocycles. The van der Waals surface area contributed by atoms with Crippen LogP contribution in [-0.2, 0) is 61.4 Å². The maximum Gasteiger partial charge on any atom is 0.297 e. The molecule has 0 aliphatic heterocycles. The zero-order chi connectivity index (χ0) is 53.0. The van der Waals surface area contributed by atoms with Gasteiger partial charge in [-0.25, -0.2) is 12.6 Å². The topological polar surface area (TPSA) is 439 Å². The number of aromatic nitrogens is 3. The van der Waals surface area contributed by atoms with Crippen LogP contribution in [-0.4, -0.2) is 102 Å². The molecule has 34 heteroatoms.